The van der Waals surface area contributed by atoms with Gasteiger partial charge in [-0.1, -0.05) is 0 Å². The van der Waals surface area contributed by atoms with Crippen LogP contribution in [-0.2, 0) is 0 Å². The van der Waals surface area contributed by atoms with Crippen molar-refractivity contribution < 1.29 is 18.7 Å². The summed E-state index contributed by atoms with van der Waals surface area (Å²) >= 11 is 0. The molecule has 2 amide bonds. The van der Waals surface area contributed by atoms with E-state index >= 15 is 0 Å². The lowest BCUT2D eigenvalue weighted by Gasteiger charge is -2.36. The lowest BCUT2D eigenvalue weighted by Crippen LogP contribution is -2.48. The minimum Gasteiger partial charge on any atom is -0.454 e. The number of amides is 2. The summed E-state index contributed by atoms with van der Waals surface area (Å²) < 4.78 is 23.6. The van der Waals surface area contributed by atoms with Crippen molar-refractivity contribution in [3.05, 3.63) is 48.3 Å². The Morgan fingerprint density at radius 1 is 1.00 bits per heavy atom. The van der Waals surface area contributed by atoms with Crippen molar-refractivity contribution in [1.82, 2.24) is 10.2 Å². The van der Waals surface area contributed by atoms with Gasteiger partial charge in [0.15, 0.2) is 11.5 Å². The Labute approximate surface area is 163 Å². The monoisotopic (exact) mass is 386 g/mol. The molecule has 2 N–H and O–H groups in total. The fraction of sp³-hybridized carbons (Fsp3) is 0.350. The van der Waals surface area contributed by atoms with Gasteiger partial charge in [-0.05, 0) is 36.4 Å². The summed E-state index contributed by atoms with van der Waals surface area (Å²) in [5.74, 6) is 1.11. The first-order chi connectivity index (χ1) is 13.7. The molecule has 0 spiro atoms. The van der Waals surface area contributed by atoms with E-state index in [0.29, 0.717) is 23.7 Å². The molecule has 2 aliphatic rings. The van der Waals surface area contributed by atoms with Gasteiger partial charge in [-0.25, -0.2) is 9.18 Å². The van der Waals surface area contributed by atoms with Gasteiger partial charge in [0.1, 0.15) is 5.82 Å². The highest BCUT2D eigenvalue weighted by molar-refractivity contribution is 5.89. The van der Waals surface area contributed by atoms with E-state index in [1.54, 1.807) is 18.2 Å². The Balaban J connectivity index is 1.16. The molecule has 0 aromatic heterocycles. The molecule has 2 aromatic rings. The number of ether oxygens (including phenoxy) is 2. The number of fused-ring (bicyclic) bond motifs is 1. The first-order valence-electron chi connectivity index (χ1n) is 9.35. The maximum atomic E-state index is 13.0. The summed E-state index contributed by atoms with van der Waals surface area (Å²) in [6, 6.07) is 11.7. The van der Waals surface area contributed by atoms with E-state index in [1.807, 2.05) is 12.1 Å². The van der Waals surface area contributed by atoms with Crippen LogP contribution in [0.25, 0.3) is 0 Å². The van der Waals surface area contributed by atoms with Gasteiger partial charge in [-0.3, -0.25) is 4.90 Å². The van der Waals surface area contributed by atoms with Crippen LogP contribution in [0.5, 0.6) is 11.5 Å². The molecule has 0 unspecified atom stereocenters. The van der Waals surface area contributed by atoms with Crippen molar-refractivity contribution in [2.24, 2.45) is 0 Å². The minimum atomic E-state index is -0.246. The highest BCUT2D eigenvalue weighted by atomic mass is 19.1. The van der Waals surface area contributed by atoms with E-state index in [9.17, 15) is 9.18 Å². The summed E-state index contributed by atoms with van der Waals surface area (Å²) in [4.78, 5) is 16.6. The molecule has 0 atom stereocenters. The zero-order chi connectivity index (χ0) is 19.3. The van der Waals surface area contributed by atoms with Crippen molar-refractivity contribution in [2.45, 2.75) is 0 Å². The highest BCUT2D eigenvalue weighted by Gasteiger charge is 2.17. The number of carbonyl (C=O) groups is 1. The summed E-state index contributed by atoms with van der Waals surface area (Å²) in [6.07, 6.45) is 0. The summed E-state index contributed by atoms with van der Waals surface area (Å²) in [7, 11) is 0. The molecule has 0 saturated carbocycles. The number of carbonyl (C=O) groups excluding carboxylic acids is 1. The molecule has 7 nitrogen and oxygen atoms in total. The topological polar surface area (TPSA) is 66.1 Å². The summed E-state index contributed by atoms with van der Waals surface area (Å²) in [6.45, 7) is 5.13. The van der Waals surface area contributed by atoms with Crippen molar-refractivity contribution >= 4 is 17.4 Å². The van der Waals surface area contributed by atoms with Crippen molar-refractivity contribution in [2.75, 3.05) is 56.3 Å². The number of hydrogen-bond acceptors (Lipinski definition) is 5. The van der Waals surface area contributed by atoms with Crippen LogP contribution in [0.15, 0.2) is 42.5 Å². The maximum absolute atomic E-state index is 13.0. The first-order valence-corrected chi connectivity index (χ1v) is 9.35. The van der Waals surface area contributed by atoms with Crippen LogP contribution in [0.3, 0.4) is 0 Å². The zero-order valence-electron chi connectivity index (χ0n) is 15.5. The molecule has 4 rings (SSSR count). The number of nitrogens with one attached hydrogen (secondary N) is 2. The van der Waals surface area contributed by atoms with Gasteiger partial charge in [0.05, 0.1) is 0 Å². The van der Waals surface area contributed by atoms with E-state index in [1.165, 1.54) is 12.1 Å². The van der Waals surface area contributed by atoms with Gasteiger partial charge in [0, 0.05) is 56.7 Å². The van der Waals surface area contributed by atoms with Crippen LogP contribution >= 0.6 is 0 Å². The number of nitrogens with zero attached hydrogens (tertiary/aromatic N) is 2. The van der Waals surface area contributed by atoms with Gasteiger partial charge in [0.25, 0.3) is 0 Å². The number of anilines is 2. The van der Waals surface area contributed by atoms with Crippen molar-refractivity contribution in [3.8, 4) is 11.5 Å². The molecule has 28 heavy (non-hydrogen) atoms. The predicted octanol–water partition coefficient (Wildman–Crippen LogP) is 2.50. The van der Waals surface area contributed by atoms with E-state index in [4.69, 9.17) is 9.47 Å². The maximum Gasteiger partial charge on any atom is 0.319 e. The van der Waals surface area contributed by atoms with Crippen LogP contribution in [0, 0.1) is 5.82 Å². The fourth-order valence-electron chi connectivity index (χ4n) is 3.36. The van der Waals surface area contributed by atoms with E-state index in [-0.39, 0.29) is 18.6 Å². The largest absolute Gasteiger partial charge is 0.454 e. The molecule has 2 heterocycles. The molecule has 0 aliphatic carbocycles. The average Bonchev–Trinajstić information content (AvgIpc) is 3.17. The Kier molecular flexibility index (Phi) is 5.48. The number of urea groups is 1. The quantitative estimate of drug-likeness (QED) is 0.827. The van der Waals surface area contributed by atoms with E-state index < -0.39 is 0 Å². The Bertz CT molecular complexity index is 823. The fourth-order valence-corrected chi connectivity index (χ4v) is 3.36. The molecule has 8 heteroatoms. The summed E-state index contributed by atoms with van der Waals surface area (Å²) in [5.41, 5.74) is 1.71. The van der Waals surface area contributed by atoms with Crippen LogP contribution in [0.4, 0.5) is 20.6 Å². The molecule has 148 valence electrons. The second-order valence-corrected chi connectivity index (χ2v) is 6.75. The molecule has 2 aliphatic heterocycles. The molecule has 2 aromatic carbocycles. The smallest absolute Gasteiger partial charge is 0.319 e. The number of benzene rings is 2. The SMILES string of the molecule is O=C(NCCN1CCN(c2ccc(F)cc2)CC1)Nc1ccc2c(c1)OCO2. The van der Waals surface area contributed by atoms with Gasteiger partial charge < -0.3 is 25.0 Å². The standard InChI is InChI=1S/C20H23FN4O3/c21-15-1-4-17(5-2-15)25-11-9-24(10-12-25)8-7-22-20(26)23-16-3-6-18-19(13-16)28-14-27-18/h1-6,13H,7-12,14H2,(H2,22,23,26). The molecule has 1 fully saturated rings. The number of halogens is 1. The highest BCUT2D eigenvalue weighted by Crippen LogP contribution is 2.34. The second kappa shape index (κ2) is 8.35. The number of hydrogen-bond donors (Lipinski definition) is 2. The third-order valence-corrected chi connectivity index (χ3v) is 4.91. The zero-order valence-corrected chi connectivity index (χ0v) is 15.5. The molecule has 1 saturated heterocycles. The van der Waals surface area contributed by atoms with Crippen LogP contribution < -0.4 is 25.0 Å². The number of rotatable bonds is 5. The van der Waals surface area contributed by atoms with Crippen LogP contribution in [0.2, 0.25) is 0 Å². The van der Waals surface area contributed by atoms with Gasteiger partial charge in [0.2, 0.25) is 6.79 Å². The lowest BCUT2D eigenvalue weighted by atomic mass is 10.2. The number of piperazine rings is 1. The molecule has 0 radical (unpaired) electrons. The van der Waals surface area contributed by atoms with Gasteiger partial charge in [-0.2, -0.15) is 0 Å². The van der Waals surface area contributed by atoms with Gasteiger partial charge in [-0.15, -0.1) is 0 Å². The molecular formula is C20H23FN4O3. The summed E-state index contributed by atoms with van der Waals surface area (Å²) in [5, 5.41) is 5.68. The normalized spacial score (nSPS) is 16.1. The third-order valence-electron chi connectivity index (χ3n) is 4.91. The Hall–Kier alpha value is -3.00. The predicted molar refractivity (Wildman–Crippen MR) is 105 cm³/mol. The third kappa shape index (κ3) is 4.45. The van der Waals surface area contributed by atoms with Crippen LogP contribution in [0.1, 0.15) is 0 Å². The Morgan fingerprint density at radius 3 is 2.54 bits per heavy atom. The first kappa shape index (κ1) is 18.4. The van der Waals surface area contributed by atoms with Crippen LogP contribution in [-0.4, -0.2) is 57.0 Å². The lowest BCUT2D eigenvalue weighted by molar-refractivity contribution is 0.174. The molecular weight excluding hydrogens is 363 g/mol. The van der Waals surface area contributed by atoms with Crippen molar-refractivity contribution in [3.63, 3.8) is 0 Å². The van der Waals surface area contributed by atoms with Gasteiger partial charge >= 0.3 is 6.03 Å². The van der Waals surface area contributed by atoms with E-state index in [2.05, 4.69) is 20.4 Å². The average molecular weight is 386 g/mol. The van der Waals surface area contributed by atoms with Crippen molar-refractivity contribution in [1.29, 1.82) is 0 Å². The Morgan fingerprint density at radius 2 is 1.75 bits per heavy atom. The second-order valence-electron chi connectivity index (χ2n) is 6.75. The van der Waals surface area contributed by atoms with E-state index in [0.717, 1.165) is 38.4 Å². The minimum absolute atomic E-state index is 0.208. The molecule has 0 bridgehead atoms.